The normalized spacial score (nSPS) is 12.4. The van der Waals surface area contributed by atoms with Gasteiger partial charge < -0.3 is 9.84 Å². The monoisotopic (exact) mass is 341 g/mol. The van der Waals surface area contributed by atoms with Crippen LogP contribution in [0.4, 0.5) is 4.39 Å². The number of amides is 1. The summed E-state index contributed by atoms with van der Waals surface area (Å²) in [5.74, 6) is -0.427. The maximum atomic E-state index is 13.2. The van der Waals surface area contributed by atoms with Gasteiger partial charge in [0.2, 0.25) is 6.39 Å². The van der Waals surface area contributed by atoms with Gasteiger partial charge in [0, 0.05) is 4.47 Å². The molecule has 0 aliphatic rings. The fourth-order valence-corrected chi connectivity index (χ4v) is 2.16. The fraction of sp³-hybridized carbons (Fsp3) is 0.308. The Hall–Kier alpha value is -1.76. The first kappa shape index (κ1) is 14.6. The summed E-state index contributed by atoms with van der Waals surface area (Å²) in [5, 5.41) is 6.52. The van der Waals surface area contributed by atoms with Gasteiger partial charge in [-0.1, -0.05) is 19.0 Å². The van der Waals surface area contributed by atoms with Gasteiger partial charge in [0.1, 0.15) is 5.82 Å². The van der Waals surface area contributed by atoms with Gasteiger partial charge in [-0.15, -0.1) is 0 Å². The molecule has 1 amide bonds. The average Bonchev–Trinajstić information content (AvgIpc) is 2.91. The van der Waals surface area contributed by atoms with E-state index < -0.39 is 17.8 Å². The van der Waals surface area contributed by atoms with E-state index in [1.165, 1.54) is 24.6 Å². The van der Waals surface area contributed by atoms with Gasteiger partial charge >= 0.3 is 0 Å². The van der Waals surface area contributed by atoms with E-state index in [9.17, 15) is 9.18 Å². The zero-order chi connectivity index (χ0) is 14.7. The van der Waals surface area contributed by atoms with Crippen molar-refractivity contribution in [3.05, 3.63) is 46.3 Å². The topological polar surface area (TPSA) is 68.0 Å². The second-order valence-corrected chi connectivity index (χ2v) is 5.46. The van der Waals surface area contributed by atoms with Gasteiger partial charge in [0.15, 0.2) is 5.82 Å². The first-order valence-electron chi connectivity index (χ1n) is 6.01. The molecule has 1 aromatic carbocycles. The van der Waals surface area contributed by atoms with Crippen molar-refractivity contribution in [2.24, 2.45) is 5.92 Å². The molecule has 1 heterocycles. The van der Waals surface area contributed by atoms with Crippen molar-refractivity contribution < 1.29 is 13.7 Å². The molecule has 0 saturated heterocycles. The van der Waals surface area contributed by atoms with Gasteiger partial charge in [0.25, 0.3) is 5.91 Å². The van der Waals surface area contributed by atoms with Crippen LogP contribution < -0.4 is 5.32 Å². The van der Waals surface area contributed by atoms with Crippen molar-refractivity contribution in [1.29, 1.82) is 0 Å². The standard InChI is InChI=1S/C13H13BrFN3O2/c1-7(2)11(12-16-6-20-18-12)17-13(19)9-5-8(15)3-4-10(9)14/h3-7,11H,1-2H3,(H,17,19)/t11-/m0/s1. The van der Waals surface area contributed by atoms with E-state index >= 15 is 0 Å². The number of halogens is 2. The zero-order valence-electron chi connectivity index (χ0n) is 10.9. The van der Waals surface area contributed by atoms with Crippen LogP contribution in [0.2, 0.25) is 0 Å². The maximum absolute atomic E-state index is 13.2. The van der Waals surface area contributed by atoms with E-state index in [0.29, 0.717) is 10.3 Å². The largest absolute Gasteiger partial charge is 0.343 e. The highest BCUT2D eigenvalue weighted by atomic mass is 79.9. The molecule has 1 N–H and O–H groups in total. The maximum Gasteiger partial charge on any atom is 0.253 e. The van der Waals surface area contributed by atoms with E-state index in [4.69, 9.17) is 4.52 Å². The summed E-state index contributed by atoms with van der Waals surface area (Å²) < 4.78 is 18.5. The van der Waals surface area contributed by atoms with Crippen LogP contribution in [0.25, 0.3) is 0 Å². The van der Waals surface area contributed by atoms with Crippen LogP contribution in [0.5, 0.6) is 0 Å². The highest BCUT2D eigenvalue weighted by molar-refractivity contribution is 9.10. The zero-order valence-corrected chi connectivity index (χ0v) is 12.5. The number of carbonyl (C=O) groups excluding carboxylic acids is 1. The summed E-state index contributed by atoms with van der Waals surface area (Å²) in [7, 11) is 0. The van der Waals surface area contributed by atoms with Crippen molar-refractivity contribution >= 4 is 21.8 Å². The lowest BCUT2D eigenvalue weighted by atomic mass is 10.0. The summed E-state index contributed by atoms with van der Waals surface area (Å²) in [5.41, 5.74) is 0.221. The lowest BCUT2D eigenvalue weighted by Gasteiger charge is -2.19. The number of nitrogens with zero attached hydrogens (tertiary/aromatic N) is 2. The number of nitrogens with one attached hydrogen (secondary N) is 1. The van der Waals surface area contributed by atoms with Crippen LogP contribution in [-0.4, -0.2) is 16.0 Å². The van der Waals surface area contributed by atoms with Crippen LogP contribution in [0.3, 0.4) is 0 Å². The Morgan fingerprint density at radius 3 is 2.80 bits per heavy atom. The molecule has 106 valence electrons. The summed E-state index contributed by atoms with van der Waals surface area (Å²) in [6, 6.07) is 3.53. The molecule has 0 aliphatic carbocycles. The van der Waals surface area contributed by atoms with Gasteiger partial charge in [-0.05, 0) is 40.0 Å². The first-order valence-corrected chi connectivity index (χ1v) is 6.80. The Kier molecular flexibility index (Phi) is 4.49. The quantitative estimate of drug-likeness (QED) is 0.927. The second-order valence-electron chi connectivity index (χ2n) is 4.61. The Morgan fingerprint density at radius 1 is 1.45 bits per heavy atom. The molecule has 0 radical (unpaired) electrons. The number of benzene rings is 1. The van der Waals surface area contributed by atoms with Crippen LogP contribution in [0.15, 0.2) is 33.6 Å². The molecule has 2 aromatic rings. The molecule has 1 atom stereocenters. The van der Waals surface area contributed by atoms with Gasteiger partial charge in [-0.3, -0.25) is 4.79 Å². The van der Waals surface area contributed by atoms with Crippen LogP contribution in [-0.2, 0) is 0 Å². The molecule has 2 rings (SSSR count). The SMILES string of the molecule is CC(C)[C@H](NC(=O)c1cc(F)ccc1Br)c1ncon1. The summed E-state index contributed by atoms with van der Waals surface area (Å²) in [6.45, 7) is 3.84. The average molecular weight is 342 g/mol. The molecular weight excluding hydrogens is 329 g/mol. The highest BCUT2D eigenvalue weighted by Gasteiger charge is 2.24. The molecule has 20 heavy (non-hydrogen) atoms. The van der Waals surface area contributed by atoms with Crippen molar-refractivity contribution in [3.63, 3.8) is 0 Å². The lowest BCUT2D eigenvalue weighted by Crippen LogP contribution is -2.32. The van der Waals surface area contributed by atoms with Crippen LogP contribution >= 0.6 is 15.9 Å². The predicted octanol–water partition coefficient (Wildman–Crippen LogP) is 3.10. The number of rotatable bonds is 4. The fourth-order valence-electron chi connectivity index (χ4n) is 1.74. The Labute approximate surface area is 123 Å². The van der Waals surface area contributed by atoms with E-state index in [0.717, 1.165) is 0 Å². The van der Waals surface area contributed by atoms with Crippen molar-refractivity contribution in [2.45, 2.75) is 19.9 Å². The van der Waals surface area contributed by atoms with E-state index in [-0.39, 0.29) is 11.5 Å². The molecule has 0 unspecified atom stereocenters. The minimum absolute atomic E-state index is 0.0592. The minimum atomic E-state index is -0.473. The van der Waals surface area contributed by atoms with Crippen molar-refractivity contribution in [3.8, 4) is 0 Å². The number of carbonyl (C=O) groups is 1. The van der Waals surface area contributed by atoms with E-state index in [1.807, 2.05) is 13.8 Å². The number of aromatic nitrogens is 2. The Morgan fingerprint density at radius 2 is 2.20 bits per heavy atom. The Bertz CT molecular complexity index is 602. The third-order valence-electron chi connectivity index (χ3n) is 2.78. The molecule has 0 spiro atoms. The lowest BCUT2D eigenvalue weighted by molar-refractivity contribution is 0.0921. The van der Waals surface area contributed by atoms with Crippen molar-refractivity contribution in [2.75, 3.05) is 0 Å². The van der Waals surface area contributed by atoms with E-state index in [2.05, 4.69) is 31.4 Å². The van der Waals surface area contributed by atoms with E-state index in [1.54, 1.807) is 0 Å². The first-order chi connectivity index (χ1) is 9.49. The van der Waals surface area contributed by atoms with Gasteiger partial charge in [0.05, 0.1) is 11.6 Å². The second kappa shape index (κ2) is 6.13. The third kappa shape index (κ3) is 3.22. The predicted molar refractivity (Wildman–Crippen MR) is 73.4 cm³/mol. The minimum Gasteiger partial charge on any atom is -0.343 e. The number of hydrogen-bond donors (Lipinski definition) is 1. The molecule has 0 aliphatic heterocycles. The van der Waals surface area contributed by atoms with Gasteiger partial charge in [-0.2, -0.15) is 4.98 Å². The highest BCUT2D eigenvalue weighted by Crippen LogP contribution is 2.22. The number of hydrogen-bond acceptors (Lipinski definition) is 4. The molecule has 0 bridgehead atoms. The molecule has 1 aromatic heterocycles. The molecule has 0 fully saturated rings. The summed E-state index contributed by atoms with van der Waals surface area (Å²) in [4.78, 5) is 16.2. The van der Waals surface area contributed by atoms with Crippen molar-refractivity contribution in [1.82, 2.24) is 15.5 Å². The third-order valence-corrected chi connectivity index (χ3v) is 3.47. The molecule has 7 heteroatoms. The smallest absolute Gasteiger partial charge is 0.253 e. The summed E-state index contributed by atoms with van der Waals surface area (Å²) in [6.07, 6.45) is 1.20. The van der Waals surface area contributed by atoms with Crippen LogP contribution in [0, 0.1) is 11.7 Å². The van der Waals surface area contributed by atoms with Gasteiger partial charge in [-0.25, -0.2) is 4.39 Å². The molecule has 0 saturated carbocycles. The Balaban J connectivity index is 2.23. The van der Waals surface area contributed by atoms with Crippen LogP contribution in [0.1, 0.15) is 36.1 Å². The molecule has 5 nitrogen and oxygen atoms in total. The molecular formula is C13H13BrFN3O2. The summed E-state index contributed by atoms with van der Waals surface area (Å²) >= 11 is 3.23.